The maximum Gasteiger partial charge on any atom is 0.126 e. The van der Waals surface area contributed by atoms with Gasteiger partial charge in [0.15, 0.2) is 0 Å². The highest BCUT2D eigenvalue weighted by molar-refractivity contribution is 5.85. The van der Waals surface area contributed by atoms with Gasteiger partial charge in [0.05, 0.1) is 0 Å². The number of halogens is 3. The smallest absolute Gasteiger partial charge is 0.126 e. The molecule has 2 unspecified atom stereocenters. The van der Waals surface area contributed by atoms with Gasteiger partial charge in [-0.25, -0.2) is 4.39 Å². The molecule has 1 aliphatic carbocycles. The predicted molar refractivity (Wildman–Crippen MR) is 104 cm³/mol. The first-order valence-electron chi connectivity index (χ1n) is 9.43. The van der Waals surface area contributed by atoms with Crippen molar-refractivity contribution in [3.63, 3.8) is 0 Å². The minimum atomic E-state index is -0.0666. The van der Waals surface area contributed by atoms with Crippen molar-refractivity contribution in [1.29, 1.82) is 0 Å². The number of aryl methyl sites for hydroxylation is 1. The van der Waals surface area contributed by atoms with Gasteiger partial charge in [0.2, 0.25) is 0 Å². The highest BCUT2D eigenvalue weighted by Crippen LogP contribution is 2.52. The minimum Gasteiger partial charge on any atom is -0.316 e. The summed E-state index contributed by atoms with van der Waals surface area (Å²) in [5.41, 5.74) is 2.17. The van der Waals surface area contributed by atoms with Gasteiger partial charge < -0.3 is 5.32 Å². The summed E-state index contributed by atoms with van der Waals surface area (Å²) in [6.07, 6.45) is 5.31. The summed E-state index contributed by atoms with van der Waals surface area (Å²) < 4.78 is 13.5. The zero-order chi connectivity index (χ0) is 15.6. The summed E-state index contributed by atoms with van der Waals surface area (Å²) in [4.78, 5) is 2.86. The van der Waals surface area contributed by atoms with Crippen molar-refractivity contribution < 1.29 is 4.39 Å². The van der Waals surface area contributed by atoms with E-state index in [9.17, 15) is 4.39 Å². The lowest BCUT2D eigenvalue weighted by Gasteiger charge is -2.39. The fourth-order valence-corrected chi connectivity index (χ4v) is 5.83. The van der Waals surface area contributed by atoms with E-state index in [-0.39, 0.29) is 30.6 Å². The Morgan fingerprint density at radius 1 is 1.08 bits per heavy atom. The highest BCUT2D eigenvalue weighted by atomic mass is 35.5. The monoisotopic (exact) mass is 386 g/mol. The number of benzene rings is 1. The number of nitrogens with zero attached hydrogens (tertiary/aromatic N) is 1. The van der Waals surface area contributed by atoms with Crippen LogP contribution < -0.4 is 5.32 Å². The molecule has 2 nitrogen and oxygen atoms in total. The molecular formula is C20H29Cl2FN2. The molecule has 0 radical (unpaired) electrons. The van der Waals surface area contributed by atoms with Crippen LogP contribution in [0.15, 0.2) is 18.2 Å². The first-order chi connectivity index (χ1) is 11.2. The molecule has 3 aliphatic heterocycles. The molecule has 5 heteroatoms. The summed E-state index contributed by atoms with van der Waals surface area (Å²) in [5, 5.41) is 3.52. The van der Waals surface area contributed by atoms with E-state index in [0.29, 0.717) is 5.92 Å². The molecule has 2 bridgehead atoms. The number of nitrogens with one attached hydrogen (secondary N) is 1. The van der Waals surface area contributed by atoms with Gasteiger partial charge in [-0.15, -0.1) is 24.8 Å². The standard InChI is InChI=1S/C20H27FN2.2ClH/c1-12-6-13(2-5-20(12)21)14-7-15-3-4-16(8-14)23(15)11-19-17-9-22-10-18(17)19;;/h2,5-6,14-19,22H,3-4,7-11H2,1H3;2*1H/t14?,15-,16+,17-,18+,19?;;. The summed E-state index contributed by atoms with van der Waals surface area (Å²) in [6, 6.07) is 7.33. The number of piperidine rings is 2. The van der Waals surface area contributed by atoms with E-state index in [0.717, 1.165) is 35.4 Å². The van der Waals surface area contributed by atoms with Crippen LogP contribution in [0.5, 0.6) is 0 Å². The molecule has 0 aromatic heterocycles. The first-order valence-corrected chi connectivity index (χ1v) is 9.43. The van der Waals surface area contributed by atoms with Crippen molar-refractivity contribution in [1.82, 2.24) is 10.2 Å². The molecule has 1 N–H and O–H groups in total. The molecule has 0 amide bonds. The average molecular weight is 387 g/mol. The molecule has 1 saturated carbocycles. The van der Waals surface area contributed by atoms with Crippen LogP contribution in [0.25, 0.3) is 0 Å². The first kappa shape index (κ1) is 19.4. The Morgan fingerprint density at radius 3 is 2.32 bits per heavy atom. The Bertz CT molecular complexity index is 602. The van der Waals surface area contributed by atoms with Crippen LogP contribution in [-0.2, 0) is 0 Å². The molecule has 0 spiro atoms. The van der Waals surface area contributed by atoms with E-state index in [2.05, 4.69) is 16.3 Å². The van der Waals surface area contributed by atoms with Gasteiger partial charge in [-0.2, -0.15) is 0 Å². The van der Waals surface area contributed by atoms with Crippen molar-refractivity contribution in [2.75, 3.05) is 19.6 Å². The van der Waals surface area contributed by atoms with Crippen LogP contribution in [0.1, 0.15) is 42.7 Å². The fraction of sp³-hybridized carbons (Fsp3) is 0.700. The summed E-state index contributed by atoms with van der Waals surface area (Å²) >= 11 is 0. The quantitative estimate of drug-likeness (QED) is 0.838. The van der Waals surface area contributed by atoms with Crippen molar-refractivity contribution in [2.45, 2.75) is 50.6 Å². The zero-order valence-electron chi connectivity index (χ0n) is 14.8. The van der Waals surface area contributed by atoms with E-state index in [4.69, 9.17) is 0 Å². The Labute approximate surface area is 162 Å². The molecule has 1 aromatic rings. The third-order valence-corrected chi connectivity index (χ3v) is 7.23. The Balaban J connectivity index is 0.000000911. The van der Waals surface area contributed by atoms with Crippen LogP contribution in [-0.4, -0.2) is 36.6 Å². The Kier molecular flexibility index (Phi) is 5.70. The second-order valence-corrected chi connectivity index (χ2v) is 8.41. The summed E-state index contributed by atoms with van der Waals surface area (Å²) in [5.74, 6) is 3.51. The largest absolute Gasteiger partial charge is 0.316 e. The molecule has 25 heavy (non-hydrogen) atoms. The molecule has 3 saturated heterocycles. The third-order valence-electron chi connectivity index (χ3n) is 7.23. The molecule has 3 heterocycles. The molecule has 4 fully saturated rings. The predicted octanol–water partition coefficient (Wildman–Crippen LogP) is 4.15. The van der Waals surface area contributed by atoms with Crippen LogP contribution in [0.2, 0.25) is 0 Å². The number of hydrogen-bond acceptors (Lipinski definition) is 2. The van der Waals surface area contributed by atoms with Gasteiger partial charge in [0.1, 0.15) is 5.82 Å². The lowest BCUT2D eigenvalue weighted by atomic mass is 9.84. The summed E-state index contributed by atoms with van der Waals surface area (Å²) in [6.45, 7) is 5.76. The maximum absolute atomic E-state index is 13.5. The molecule has 1 aromatic carbocycles. The van der Waals surface area contributed by atoms with Crippen LogP contribution in [0.4, 0.5) is 4.39 Å². The molecule has 5 rings (SSSR count). The van der Waals surface area contributed by atoms with Gasteiger partial charge in [0, 0.05) is 18.6 Å². The molecule has 140 valence electrons. The lowest BCUT2D eigenvalue weighted by Crippen LogP contribution is -2.44. The number of fused-ring (bicyclic) bond motifs is 3. The number of hydrogen-bond donors (Lipinski definition) is 1. The normalized spacial score (nSPS) is 38.6. The van der Waals surface area contributed by atoms with Gasteiger partial charge in [-0.1, -0.05) is 12.1 Å². The topological polar surface area (TPSA) is 15.3 Å². The van der Waals surface area contributed by atoms with Crippen molar-refractivity contribution >= 4 is 24.8 Å². The molecule has 4 aliphatic rings. The van der Waals surface area contributed by atoms with Gasteiger partial charge >= 0.3 is 0 Å². The number of rotatable bonds is 3. The average Bonchev–Trinajstić information content (AvgIpc) is 2.85. The maximum atomic E-state index is 13.5. The minimum absolute atomic E-state index is 0. The van der Waals surface area contributed by atoms with Gasteiger partial charge in [0.25, 0.3) is 0 Å². The Morgan fingerprint density at radius 2 is 1.72 bits per heavy atom. The van der Waals surface area contributed by atoms with Crippen molar-refractivity contribution in [2.24, 2.45) is 17.8 Å². The van der Waals surface area contributed by atoms with Gasteiger partial charge in [-0.3, -0.25) is 4.90 Å². The second kappa shape index (κ2) is 7.34. The van der Waals surface area contributed by atoms with Crippen LogP contribution >= 0.6 is 24.8 Å². The lowest BCUT2D eigenvalue weighted by molar-refractivity contribution is 0.116. The Hall–Kier alpha value is -0.350. The summed E-state index contributed by atoms with van der Waals surface area (Å²) in [7, 11) is 0. The van der Waals surface area contributed by atoms with E-state index in [1.807, 2.05) is 13.0 Å². The highest BCUT2D eigenvalue weighted by Gasteiger charge is 2.54. The zero-order valence-corrected chi connectivity index (χ0v) is 16.4. The molecule has 6 atom stereocenters. The van der Waals surface area contributed by atoms with E-state index < -0.39 is 0 Å². The second-order valence-electron chi connectivity index (χ2n) is 8.41. The SMILES string of the molecule is Cc1cc(C2C[C@H]3CC[C@@H](C2)N3CC2[C@H]3CNC[C@@H]23)ccc1F.Cl.Cl. The van der Waals surface area contributed by atoms with Crippen molar-refractivity contribution in [3.05, 3.63) is 35.1 Å². The van der Waals surface area contributed by atoms with E-state index in [1.54, 1.807) is 6.07 Å². The fourth-order valence-electron chi connectivity index (χ4n) is 5.83. The van der Waals surface area contributed by atoms with E-state index in [1.165, 1.54) is 50.9 Å². The van der Waals surface area contributed by atoms with Gasteiger partial charge in [-0.05, 0) is 86.6 Å². The molecular weight excluding hydrogens is 358 g/mol. The van der Waals surface area contributed by atoms with Crippen molar-refractivity contribution in [3.8, 4) is 0 Å². The van der Waals surface area contributed by atoms with E-state index >= 15 is 0 Å². The third kappa shape index (κ3) is 3.34. The van der Waals surface area contributed by atoms with Crippen LogP contribution in [0, 0.1) is 30.5 Å². The van der Waals surface area contributed by atoms with Crippen LogP contribution in [0.3, 0.4) is 0 Å².